The minimum absolute atomic E-state index is 0.0163. The van der Waals surface area contributed by atoms with E-state index in [0.29, 0.717) is 37.4 Å². The van der Waals surface area contributed by atoms with Gasteiger partial charge in [0.15, 0.2) is 0 Å². The molecular weight excluding hydrogens is 326 g/mol. The summed E-state index contributed by atoms with van der Waals surface area (Å²) < 4.78 is 0.831. The molecule has 3 N–H and O–H groups in total. The molecule has 0 bridgehead atoms. The summed E-state index contributed by atoms with van der Waals surface area (Å²) in [5.74, 6) is -0.952. The van der Waals surface area contributed by atoms with Crippen LogP contribution in [0.4, 0.5) is 5.69 Å². The van der Waals surface area contributed by atoms with Gasteiger partial charge in [-0.3, -0.25) is 14.5 Å². The Morgan fingerprint density at radius 1 is 1.25 bits per heavy atom. The molecule has 0 aliphatic carbocycles. The van der Waals surface area contributed by atoms with Crippen LogP contribution in [0.3, 0.4) is 0 Å². The van der Waals surface area contributed by atoms with Crippen molar-refractivity contribution in [2.75, 3.05) is 38.5 Å². The lowest BCUT2D eigenvalue weighted by Gasteiger charge is -2.34. The molecule has 6 nitrogen and oxygen atoms in total. The number of aliphatic carboxylic acids is 1. The molecule has 1 heterocycles. The van der Waals surface area contributed by atoms with Crippen molar-refractivity contribution < 1.29 is 14.7 Å². The monoisotopic (exact) mass is 341 g/mol. The van der Waals surface area contributed by atoms with E-state index >= 15 is 0 Å². The highest BCUT2D eigenvalue weighted by atomic mass is 79.9. The average molecular weight is 342 g/mol. The van der Waals surface area contributed by atoms with E-state index in [1.807, 2.05) is 4.90 Å². The van der Waals surface area contributed by atoms with Gasteiger partial charge < -0.3 is 15.7 Å². The molecule has 0 atom stereocenters. The Hall–Kier alpha value is -1.60. The van der Waals surface area contributed by atoms with Crippen molar-refractivity contribution in [2.45, 2.75) is 0 Å². The van der Waals surface area contributed by atoms with Crippen LogP contribution in [-0.4, -0.2) is 59.5 Å². The summed E-state index contributed by atoms with van der Waals surface area (Å²) in [6.45, 7) is 2.18. The number of carboxylic acids is 1. The van der Waals surface area contributed by atoms with E-state index in [1.54, 1.807) is 23.1 Å². The molecule has 1 amide bonds. The van der Waals surface area contributed by atoms with Gasteiger partial charge in [0.25, 0.3) is 5.91 Å². The van der Waals surface area contributed by atoms with Crippen molar-refractivity contribution in [3.63, 3.8) is 0 Å². The fraction of sp³-hybridized carbons (Fsp3) is 0.385. The Morgan fingerprint density at radius 2 is 1.90 bits per heavy atom. The van der Waals surface area contributed by atoms with E-state index in [4.69, 9.17) is 10.8 Å². The van der Waals surface area contributed by atoms with Crippen molar-refractivity contribution in [3.8, 4) is 0 Å². The van der Waals surface area contributed by atoms with Gasteiger partial charge in [0.05, 0.1) is 12.1 Å². The van der Waals surface area contributed by atoms with E-state index in [9.17, 15) is 9.59 Å². The van der Waals surface area contributed by atoms with Gasteiger partial charge in [-0.25, -0.2) is 0 Å². The molecule has 0 unspecified atom stereocenters. The molecule has 108 valence electrons. The number of nitrogens with two attached hydrogens (primary N) is 1. The van der Waals surface area contributed by atoms with Gasteiger partial charge in [0, 0.05) is 36.3 Å². The van der Waals surface area contributed by atoms with Crippen LogP contribution in [0.5, 0.6) is 0 Å². The van der Waals surface area contributed by atoms with Gasteiger partial charge >= 0.3 is 5.97 Å². The molecule has 0 spiro atoms. The average Bonchev–Trinajstić information content (AvgIpc) is 2.38. The summed E-state index contributed by atoms with van der Waals surface area (Å²) in [6, 6.07) is 5.18. The van der Waals surface area contributed by atoms with Crippen LogP contribution in [0.1, 0.15) is 10.4 Å². The Morgan fingerprint density at radius 3 is 2.45 bits per heavy atom. The third-order valence-corrected chi connectivity index (χ3v) is 3.76. The highest BCUT2D eigenvalue weighted by Crippen LogP contribution is 2.20. The standard InChI is InChI=1S/C13H16BrN3O3/c14-9-1-2-10(11(15)7-9)13(20)17-5-3-16(4-6-17)8-12(18)19/h1-2,7H,3-6,8,15H2,(H,18,19). The zero-order valence-electron chi connectivity index (χ0n) is 10.9. The lowest BCUT2D eigenvalue weighted by molar-refractivity contribution is -0.138. The Balaban J connectivity index is 1.99. The number of halogens is 1. The molecule has 7 heteroatoms. The van der Waals surface area contributed by atoms with Crippen LogP contribution in [0.2, 0.25) is 0 Å². The van der Waals surface area contributed by atoms with E-state index < -0.39 is 5.97 Å². The van der Waals surface area contributed by atoms with Crippen LogP contribution in [0.15, 0.2) is 22.7 Å². The molecule has 1 aromatic carbocycles. The molecule has 1 aromatic rings. The number of carboxylic acid groups (broad SMARTS) is 1. The second-order valence-electron chi connectivity index (χ2n) is 4.69. The van der Waals surface area contributed by atoms with Crippen molar-refractivity contribution in [1.82, 2.24) is 9.80 Å². The number of amides is 1. The largest absolute Gasteiger partial charge is 0.480 e. The van der Waals surface area contributed by atoms with Crippen LogP contribution >= 0.6 is 15.9 Å². The summed E-state index contributed by atoms with van der Waals surface area (Å²) in [6.07, 6.45) is 0. The predicted molar refractivity (Wildman–Crippen MR) is 78.5 cm³/mol. The fourth-order valence-electron chi connectivity index (χ4n) is 2.20. The van der Waals surface area contributed by atoms with Gasteiger partial charge in [0.1, 0.15) is 0 Å². The van der Waals surface area contributed by atoms with Crippen molar-refractivity contribution in [3.05, 3.63) is 28.2 Å². The number of nitrogen functional groups attached to an aromatic ring is 1. The summed E-state index contributed by atoms with van der Waals surface area (Å²) in [5, 5.41) is 8.74. The molecule has 2 rings (SSSR count). The number of carbonyl (C=O) groups is 2. The van der Waals surface area contributed by atoms with Crippen LogP contribution in [0, 0.1) is 0 Å². The molecule has 1 fully saturated rings. The van der Waals surface area contributed by atoms with Gasteiger partial charge in [0.2, 0.25) is 0 Å². The molecular formula is C13H16BrN3O3. The summed E-state index contributed by atoms with van der Waals surface area (Å²) >= 11 is 3.30. The fourth-order valence-corrected chi connectivity index (χ4v) is 2.58. The second kappa shape index (κ2) is 6.23. The predicted octanol–water partition coefficient (Wildman–Crippen LogP) is 0.874. The maximum atomic E-state index is 12.4. The maximum Gasteiger partial charge on any atom is 0.317 e. The molecule has 1 aliphatic heterocycles. The van der Waals surface area contributed by atoms with Gasteiger partial charge in [-0.1, -0.05) is 15.9 Å². The third kappa shape index (κ3) is 3.49. The zero-order valence-corrected chi connectivity index (χ0v) is 12.5. The Kier molecular flexibility index (Phi) is 4.61. The van der Waals surface area contributed by atoms with Gasteiger partial charge in [-0.15, -0.1) is 0 Å². The summed E-state index contributed by atoms with van der Waals surface area (Å²) in [4.78, 5) is 26.5. The first kappa shape index (κ1) is 14.8. The second-order valence-corrected chi connectivity index (χ2v) is 5.61. The van der Waals surface area contributed by atoms with E-state index in [-0.39, 0.29) is 12.5 Å². The number of rotatable bonds is 3. The van der Waals surface area contributed by atoms with Gasteiger partial charge in [-0.05, 0) is 18.2 Å². The Labute approximate surface area is 125 Å². The van der Waals surface area contributed by atoms with Crippen LogP contribution in [0.25, 0.3) is 0 Å². The van der Waals surface area contributed by atoms with Crippen molar-refractivity contribution in [2.24, 2.45) is 0 Å². The van der Waals surface area contributed by atoms with Crippen molar-refractivity contribution >= 4 is 33.5 Å². The van der Waals surface area contributed by atoms with E-state index in [2.05, 4.69) is 15.9 Å². The SMILES string of the molecule is Nc1cc(Br)ccc1C(=O)N1CCN(CC(=O)O)CC1. The summed E-state index contributed by atoms with van der Waals surface area (Å²) in [5.41, 5.74) is 6.78. The number of carbonyl (C=O) groups excluding carboxylic acids is 1. The number of benzene rings is 1. The van der Waals surface area contributed by atoms with E-state index in [0.717, 1.165) is 4.47 Å². The first-order valence-electron chi connectivity index (χ1n) is 6.26. The molecule has 1 saturated heterocycles. The molecule has 0 aromatic heterocycles. The highest BCUT2D eigenvalue weighted by molar-refractivity contribution is 9.10. The quantitative estimate of drug-likeness (QED) is 0.796. The highest BCUT2D eigenvalue weighted by Gasteiger charge is 2.24. The lowest BCUT2D eigenvalue weighted by Crippen LogP contribution is -2.50. The third-order valence-electron chi connectivity index (χ3n) is 3.26. The zero-order chi connectivity index (χ0) is 14.7. The smallest absolute Gasteiger partial charge is 0.317 e. The van der Waals surface area contributed by atoms with Crippen LogP contribution in [-0.2, 0) is 4.79 Å². The molecule has 0 radical (unpaired) electrons. The topological polar surface area (TPSA) is 86.9 Å². The van der Waals surface area contributed by atoms with Gasteiger partial charge in [-0.2, -0.15) is 0 Å². The van der Waals surface area contributed by atoms with E-state index in [1.165, 1.54) is 0 Å². The minimum Gasteiger partial charge on any atom is -0.480 e. The number of nitrogens with zero attached hydrogens (tertiary/aromatic N) is 2. The van der Waals surface area contributed by atoms with Crippen LogP contribution < -0.4 is 5.73 Å². The number of anilines is 1. The number of hydrogen-bond donors (Lipinski definition) is 2. The first-order valence-corrected chi connectivity index (χ1v) is 7.05. The normalized spacial score (nSPS) is 16.1. The number of hydrogen-bond acceptors (Lipinski definition) is 4. The lowest BCUT2D eigenvalue weighted by atomic mass is 10.1. The Bertz CT molecular complexity index is 528. The minimum atomic E-state index is -0.845. The summed E-state index contributed by atoms with van der Waals surface area (Å²) in [7, 11) is 0. The number of piperazine rings is 1. The first-order chi connectivity index (χ1) is 9.47. The maximum absolute atomic E-state index is 12.4. The van der Waals surface area contributed by atoms with Crippen molar-refractivity contribution in [1.29, 1.82) is 0 Å². The molecule has 0 saturated carbocycles. The molecule has 20 heavy (non-hydrogen) atoms. The molecule has 1 aliphatic rings.